The van der Waals surface area contributed by atoms with Crippen LogP contribution < -0.4 is 9.47 Å². The number of benzene rings is 1. The highest BCUT2D eigenvalue weighted by Gasteiger charge is 2.25. The van der Waals surface area contributed by atoms with E-state index in [2.05, 4.69) is 0 Å². The molecule has 0 bridgehead atoms. The number of hydrogen-bond donors (Lipinski definition) is 0. The Morgan fingerprint density at radius 1 is 1.39 bits per heavy atom. The van der Waals surface area contributed by atoms with Crippen LogP contribution in [0.3, 0.4) is 0 Å². The van der Waals surface area contributed by atoms with E-state index in [0.29, 0.717) is 18.8 Å². The monoisotopic (exact) mass is 266 g/mol. The van der Waals surface area contributed by atoms with Gasteiger partial charge in [0, 0.05) is 17.9 Å². The molecule has 0 aliphatic carbocycles. The van der Waals surface area contributed by atoms with E-state index in [4.69, 9.17) is 9.47 Å². The molecule has 0 N–H and O–H groups in total. The third-order valence-electron chi connectivity index (χ3n) is 3.06. The summed E-state index contributed by atoms with van der Waals surface area (Å²) in [4.78, 5) is 11.9. The van der Waals surface area contributed by atoms with Gasteiger partial charge in [-0.2, -0.15) is 11.8 Å². The van der Waals surface area contributed by atoms with Gasteiger partial charge >= 0.3 is 0 Å². The lowest BCUT2D eigenvalue weighted by molar-refractivity contribution is -0.119. The molecule has 0 saturated carbocycles. The maximum Gasteiger partial charge on any atom is 0.161 e. The molecule has 98 valence electrons. The molecule has 2 rings (SSSR count). The molecule has 1 aliphatic rings. The molecular weight excluding hydrogens is 248 g/mol. The van der Waals surface area contributed by atoms with Gasteiger partial charge in [-0.1, -0.05) is 6.07 Å². The Morgan fingerprint density at radius 2 is 2.22 bits per heavy atom. The highest BCUT2D eigenvalue weighted by atomic mass is 32.2. The van der Waals surface area contributed by atoms with Crippen LogP contribution in [0.5, 0.6) is 11.5 Å². The molecule has 0 aromatic heterocycles. The van der Waals surface area contributed by atoms with Gasteiger partial charge in [-0.15, -0.1) is 0 Å². The molecule has 1 saturated heterocycles. The van der Waals surface area contributed by atoms with Crippen molar-refractivity contribution in [1.29, 1.82) is 0 Å². The van der Waals surface area contributed by atoms with E-state index in [-0.39, 0.29) is 5.92 Å². The minimum Gasteiger partial charge on any atom is -0.493 e. The van der Waals surface area contributed by atoms with Gasteiger partial charge in [0.25, 0.3) is 0 Å². The van der Waals surface area contributed by atoms with Gasteiger partial charge in [0.15, 0.2) is 11.5 Å². The van der Waals surface area contributed by atoms with Crippen LogP contribution in [0.2, 0.25) is 0 Å². The van der Waals surface area contributed by atoms with Crippen LogP contribution in [0.1, 0.15) is 24.8 Å². The average Bonchev–Trinajstić information content (AvgIpc) is 2.40. The second kappa shape index (κ2) is 6.14. The van der Waals surface area contributed by atoms with Crippen molar-refractivity contribution in [2.45, 2.75) is 19.3 Å². The molecule has 1 unspecified atom stereocenters. The lowest BCUT2D eigenvalue weighted by Crippen LogP contribution is -2.20. The number of rotatable bonds is 4. The third-order valence-corrected chi connectivity index (χ3v) is 4.12. The van der Waals surface area contributed by atoms with E-state index < -0.39 is 0 Å². The van der Waals surface area contributed by atoms with Gasteiger partial charge in [-0.3, -0.25) is 4.79 Å². The maximum atomic E-state index is 11.9. The van der Waals surface area contributed by atoms with Crippen LogP contribution in [0.4, 0.5) is 0 Å². The van der Waals surface area contributed by atoms with Crippen LogP contribution >= 0.6 is 11.8 Å². The largest absolute Gasteiger partial charge is 0.493 e. The Hall–Kier alpha value is -1.16. The van der Waals surface area contributed by atoms with Crippen LogP contribution in [-0.4, -0.2) is 31.0 Å². The number of ketones is 1. The lowest BCUT2D eigenvalue weighted by atomic mass is 9.94. The Bertz CT molecular complexity index is 431. The molecule has 1 heterocycles. The molecular formula is C14H18O3S. The summed E-state index contributed by atoms with van der Waals surface area (Å²) < 4.78 is 10.8. The van der Waals surface area contributed by atoms with E-state index >= 15 is 0 Å². The Kier molecular flexibility index (Phi) is 4.53. The number of carbonyl (C=O) groups excluding carboxylic acids is 1. The zero-order chi connectivity index (χ0) is 13.0. The summed E-state index contributed by atoms with van der Waals surface area (Å²) in [6, 6.07) is 5.79. The molecule has 1 aromatic carbocycles. The first kappa shape index (κ1) is 13.3. The zero-order valence-electron chi connectivity index (χ0n) is 10.8. The Balaban J connectivity index is 2.27. The van der Waals surface area contributed by atoms with E-state index in [9.17, 15) is 4.79 Å². The zero-order valence-corrected chi connectivity index (χ0v) is 11.6. The molecule has 1 aromatic rings. The number of thioether (sulfide) groups is 1. The van der Waals surface area contributed by atoms with Crippen molar-refractivity contribution in [3.05, 3.63) is 23.8 Å². The smallest absolute Gasteiger partial charge is 0.161 e. The van der Waals surface area contributed by atoms with Gasteiger partial charge in [0.1, 0.15) is 5.78 Å². The van der Waals surface area contributed by atoms with Crippen molar-refractivity contribution in [3.8, 4) is 11.5 Å². The van der Waals surface area contributed by atoms with Gasteiger partial charge in [-0.25, -0.2) is 0 Å². The first-order valence-corrected chi connectivity index (χ1v) is 7.33. The summed E-state index contributed by atoms with van der Waals surface area (Å²) in [5.41, 5.74) is 1.04. The molecule has 0 amide bonds. The Labute approximate surface area is 112 Å². The first-order valence-electron chi connectivity index (χ1n) is 6.17. The van der Waals surface area contributed by atoms with Gasteiger partial charge in [-0.05, 0) is 24.6 Å². The summed E-state index contributed by atoms with van der Waals surface area (Å²) in [5.74, 6) is 3.60. The number of Topliss-reactive ketones (excluding diaryl/α,β-unsaturated/α-hetero) is 1. The fourth-order valence-corrected chi connectivity index (χ4v) is 3.23. The summed E-state index contributed by atoms with van der Waals surface area (Å²) in [6.07, 6.45) is 0.672. The molecule has 1 fully saturated rings. The van der Waals surface area contributed by atoms with Crippen LogP contribution in [0.25, 0.3) is 0 Å². The van der Waals surface area contributed by atoms with Crippen LogP contribution in [0.15, 0.2) is 18.2 Å². The van der Waals surface area contributed by atoms with Crippen molar-refractivity contribution in [2.24, 2.45) is 0 Å². The number of ether oxygens (including phenoxy) is 2. The van der Waals surface area contributed by atoms with Gasteiger partial charge in [0.05, 0.1) is 19.6 Å². The minimum absolute atomic E-state index is 0.00821. The molecule has 18 heavy (non-hydrogen) atoms. The number of methoxy groups -OCH3 is 1. The van der Waals surface area contributed by atoms with Crippen LogP contribution in [0, 0.1) is 0 Å². The topological polar surface area (TPSA) is 35.5 Å². The second-order valence-electron chi connectivity index (χ2n) is 4.19. The molecule has 1 aliphatic heterocycles. The highest BCUT2D eigenvalue weighted by molar-refractivity contribution is 7.99. The molecule has 4 heteroatoms. The average molecular weight is 266 g/mol. The summed E-state index contributed by atoms with van der Waals surface area (Å²) in [6.45, 7) is 2.53. The standard InChI is InChI=1S/C14H18O3S/c1-3-17-14-8-10(4-5-13(14)16-2)11-9-18-7-6-12(11)15/h4-5,8,11H,3,6-7,9H2,1-2H3. The summed E-state index contributed by atoms with van der Waals surface area (Å²) in [5, 5.41) is 0. The minimum atomic E-state index is 0.00821. The van der Waals surface area contributed by atoms with Crippen molar-refractivity contribution in [1.82, 2.24) is 0 Å². The van der Waals surface area contributed by atoms with Crippen LogP contribution in [-0.2, 0) is 4.79 Å². The van der Waals surface area contributed by atoms with E-state index in [1.54, 1.807) is 7.11 Å². The SMILES string of the molecule is CCOc1cc(C2CSCCC2=O)ccc1OC. The van der Waals surface area contributed by atoms with Gasteiger partial charge < -0.3 is 9.47 Å². The fourth-order valence-electron chi connectivity index (χ4n) is 2.10. The molecule has 0 radical (unpaired) electrons. The van der Waals surface area contributed by atoms with Crippen molar-refractivity contribution >= 4 is 17.5 Å². The number of hydrogen-bond acceptors (Lipinski definition) is 4. The van der Waals surface area contributed by atoms with E-state index in [1.807, 2.05) is 36.9 Å². The fraction of sp³-hybridized carbons (Fsp3) is 0.500. The van der Waals surface area contributed by atoms with Crippen molar-refractivity contribution < 1.29 is 14.3 Å². The second-order valence-corrected chi connectivity index (χ2v) is 5.34. The van der Waals surface area contributed by atoms with Gasteiger partial charge in [0.2, 0.25) is 0 Å². The predicted molar refractivity (Wildman–Crippen MR) is 73.9 cm³/mol. The van der Waals surface area contributed by atoms with Crippen molar-refractivity contribution in [3.63, 3.8) is 0 Å². The summed E-state index contributed by atoms with van der Waals surface area (Å²) >= 11 is 1.84. The van der Waals surface area contributed by atoms with E-state index in [0.717, 1.165) is 28.6 Å². The number of carbonyl (C=O) groups is 1. The Morgan fingerprint density at radius 3 is 2.89 bits per heavy atom. The van der Waals surface area contributed by atoms with E-state index in [1.165, 1.54) is 0 Å². The lowest BCUT2D eigenvalue weighted by Gasteiger charge is -2.21. The molecule has 0 spiro atoms. The van der Waals surface area contributed by atoms with Crippen molar-refractivity contribution in [2.75, 3.05) is 25.2 Å². The first-order chi connectivity index (χ1) is 8.76. The normalized spacial score (nSPS) is 19.7. The predicted octanol–water partition coefficient (Wildman–Crippen LogP) is 2.88. The molecule has 3 nitrogen and oxygen atoms in total. The highest BCUT2D eigenvalue weighted by Crippen LogP contribution is 2.34. The quantitative estimate of drug-likeness (QED) is 0.839. The summed E-state index contributed by atoms with van der Waals surface area (Å²) in [7, 11) is 1.62. The maximum absolute atomic E-state index is 11.9. The molecule has 1 atom stereocenters. The third kappa shape index (κ3) is 2.80.